The zero-order chi connectivity index (χ0) is 17.9. The molecule has 0 saturated heterocycles. The Morgan fingerprint density at radius 1 is 1.08 bits per heavy atom. The minimum atomic E-state index is -0.234. The number of alkyl halides is 1. The Balaban J connectivity index is 1.74. The van der Waals surface area contributed by atoms with Gasteiger partial charge in [-0.1, -0.05) is 52.3 Å². The molecule has 4 rings (SSSR count). The average Bonchev–Trinajstić information content (AvgIpc) is 3.27. The highest BCUT2D eigenvalue weighted by Crippen LogP contribution is 2.28. The third-order valence-corrected chi connectivity index (χ3v) is 4.82. The maximum Gasteiger partial charge on any atom is 0.247 e. The van der Waals surface area contributed by atoms with Crippen molar-refractivity contribution in [3.63, 3.8) is 0 Å². The fourth-order valence-corrected chi connectivity index (χ4v) is 3.25. The average molecular weight is 414 g/mol. The van der Waals surface area contributed by atoms with Crippen molar-refractivity contribution in [2.45, 2.75) is 19.4 Å². The lowest BCUT2D eigenvalue weighted by molar-refractivity contribution is 0.565. The van der Waals surface area contributed by atoms with Crippen molar-refractivity contribution in [3.8, 4) is 11.6 Å². The Bertz CT molecular complexity index is 1040. The van der Waals surface area contributed by atoms with Gasteiger partial charge in [-0.15, -0.1) is 0 Å². The summed E-state index contributed by atoms with van der Waals surface area (Å²) < 4.78 is 21.5. The van der Waals surface area contributed by atoms with Crippen molar-refractivity contribution in [2.24, 2.45) is 0 Å². The Hall–Kier alpha value is -2.47. The van der Waals surface area contributed by atoms with E-state index < -0.39 is 0 Å². The molecule has 0 amide bonds. The largest absolute Gasteiger partial charge is 0.443 e. The summed E-state index contributed by atoms with van der Waals surface area (Å²) in [5.74, 6) is 0.264. The van der Waals surface area contributed by atoms with E-state index in [1.165, 1.54) is 6.07 Å². The number of hydrogen-bond acceptors (Lipinski definition) is 3. The van der Waals surface area contributed by atoms with E-state index >= 15 is 0 Å². The zero-order valence-electron chi connectivity index (χ0n) is 14.0. The highest BCUT2D eigenvalue weighted by Gasteiger charge is 2.17. The first-order chi connectivity index (χ1) is 12.8. The standard InChI is InChI=1S/C20H17BrFN3O/c21-11-5-7-15-13-26-20(23-15)19-16-8-2-4-10-18(16)25(24-19)12-14-6-1-3-9-17(14)22/h1-4,6,8-10,13H,5,7,11-12H2. The van der Waals surface area contributed by atoms with Gasteiger partial charge in [0.2, 0.25) is 5.89 Å². The fourth-order valence-electron chi connectivity index (χ4n) is 2.97. The number of para-hydroxylation sites is 1. The van der Waals surface area contributed by atoms with Crippen molar-refractivity contribution in [1.29, 1.82) is 0 Å². The van der Waals surface area contributed by atoms with Crippen molar-refractivity contribution >= 4 is 26.8 Å². The molecular weight excluding hydrogens is 397 g/mol. The molecule has 0 aliphatic heterocycles. The lowest BCUT2D eigenvalue weighted by Gasteiger charge is -2.04. The van der Waals surface area contributed by atoms with Gasteiger partial charge in [-0.2, -0.15) is 5.10 Å². The topological polar surface area (TPSA) is 43.9 Å². The molecule has 0 aliphatic rings. The molecule has 2 heterocycles. The number of aryl methyl sites for hydroxylation is 1. The second-order valence-corrected chi connectivity index (χ2v) is 6.84. The predicted molar refractivity (Wildman–Crippen MR) is 103 cm³/mol. The number of fused-ring (bicyclic) bond motifs is 1. The summed E-state index contributed by atoms with van der Waals surface area (Å²) in [7, 11) is 0. The van der Waals surface area contributed by atoms with E-state index in [1.807, 2.05) is 30.3 Å². The van der Waals surface area contributed by atoms with Crippen LogP contribution in [-0.2, 0) is 13.0 Å². The summed E-state index contributed by atoms with van der Waals surface area (Å²) in [5.41, 5.74) is 3.11. The van der Waals surface area contributed by atoms with Crippen LogP contribution < -0.4 is 0 Å². The number of benzene rings is 2. The quantitative estimate of drug-likeness (QED) is 0.407. The second-order valence-electron chi connectivity index (χ2n) is 6.05. The van der Waals surface area contributed by atoms with Crippen LogP contribution in [0, 0.1) is 5.82 Å². The Morgan fingerprint density at radius 2 is 1.88 bits per heavy atom. The Morgan fingerprint density at radius 3 is 2.73 bits per heavy atom. The van der Waals surface area contributed by atoms with Gasteiger partial charge in [-0.3, -0.25) is 4.68 Å². The van der Waals surface area contributed by atoms with E-state index in [1.54, 1.807) is 23.1 Å². The van der Waals surface area contributed by atoms with Crippen LogP contribution in [0.15, 0.2) is 59.2 Å². The molecule has 0 spiro atoms. The van der Waals surface area contributed by atoms with Crippen molar-refractivity contribution in [2.75, 3.05) is 5.33 Å². The van der Waals surface area contributed by atoms with E-state index in [-0.39, 0.29) is 5.82 Å². The molecule has 0 bridgehead atoms. The van der Waals surface area contributed by atoms with Gasteiger partial charge >= 0.3 is 0 Å². The molecule has 0 atom stereocenters. The number of aromatic nitrogens is 3. The van der Waals surface area contributed by atoms with Gasteiger partial charge in [0, 0.05) is 16.3 Å². The monoisotopic (exact) mass is 413 g/mol. The molecule has 0 unspecified atom stereocenters. The molecule has 0 saturated carbocycles. The number of nitrogens with zero attached hydrogens (tertiary/aromatic N) is 3. The van der Waals surface area contributed by atoms with Gasteiger partial charge in [0.05, 0.1) is 17.8 Å². The maximum absolute atomic E-state index is 14.1. The summed E-state index contributed by atoms with van der Waals surface area (Å²) in [6.07, 6.45) is 3.53. The fraction of sp³-hybridized carbons (Fsp3) is 0.200. The van der Waals surface area contributed by atoms with Crippen LogP contribution in [0.3, 0.4) is 0 Å². The molecule has 4 nitrogen and oxygen atoms in total. The van der Waals surface area contributed by atoms with Crippen LogP contribution in [0.4, 0.5) is 4.39 Å². The summed E-state index contributed by atoms with van der Waals surface area (Å²) in [6, 6.07) is 14.6. The molecule has 2 aromatic heterocycles. The van der Waals surface area contributed by atoms with Gasteiger partial charge in [0.25, 0.3) is 0 Å². The Kier molecular flexibility index (Phi) is 4.84. The molecule has 26 heavy (non-hydrogen) atoms. The summed E-state index contributed by atoms with van der Waals surface area (Å²) >= 11 is 3.43. The van der Waals surface area contributed by atoms with Crippen molar-refractivity contribution < 1.29 is 8.81 Å². The SMILES string of the molecule is Fc1ccccc1Cn1nc(-c2nc(CCCBr)co2)c2ccccc21. The minimum absolute atomic E-state index is 0.234. The number of rotatable bonds is 6. The molecule has 6 heteroatoms. The van der Waals surface area contributed by atoms with Crippen molar-refractivity contribution in [3.05, 3.63) is 71.9 Å². The normalized spacial score (nSPS) is 11.3. The molecular formula is C20H17BrFN3O. The van der Waals surface area contributed by atoms with E-state index in [4.69, 9.17) is 4.42 Å². The van der Waals surface area contributed by atoms with Crippen LogP contribution in [0.2, 0.25) is 0 Å². The molecule has 0 aliphatic carbocycles. The summed E-state index contributed by atoms with van der Waals surface area (Å²) in [4.78, 5) is 4.57. The Labute approximate surface area is 158 Å². The minimum Gasteiger partial charge on any atom is -0.443 e. The van der Waals surface area contributed by atoms with E-state index in [2.05, 4.69) is 26.0 Å². The maximum atomic E-state index is 14.1. The van der Waals surface area contributed by atoms with Gasteiger partial charge < -0.3 is 4.42 Å². The molecule has 2 aromatic carbocycles. The van der Waals surface area contributed by atoms with Crippen molar-refractivity contribution in [1.82, 2.24) is 14.8 Å². The number of hydrogen-bond donors (Lipinski definition) is 0. The first-order valence-corrected chi connectivity index (χ1v) is 9.58. The smallest absolute Gasteiger partial charge is 0.247 e. The third kappa shape index (κ3) is 3.29. The zero-order valence-corrected chi connectivity index (χ0v) is 15.6. The van der Waals surface area contributed by atoms with Crippen LogP contribution in [0.5, 0.6) is 0 Å². The first kappa shape index (κ1) is 17.0. The predicted octanol–water partition coefficient (Wildman–Crippen LogP) is 5.21. The number of halogens is 2. The highest BCUT2D eigenvalue weighted by molar-refractivity contribution is 9.09. The van der Waals surface area contributed by atoms with Crippen LogP contribution in [0.1, 0.15) is 17.7 Å². The van der Waals surface area contributed by atoms with Gasteiger partial charge in [-0.05, 0) is 25.0 Å². The van der Waals surface area contributed by atoms with Crippen LogP contribution in [0.25, 0.3) is 22.5 Å². The second kappa shape index (κ2) is 7.41. The van der Waals surface area contributed by atoms with E-state index in [9.17, 15) is 4.39 Å². The third-order valence-electron chi connectivity index (χ3n) is 4.26. The lowest BCUT2D eigenvalue weighted by atomic mass is 10.2. The molecule has 132 valence electrons. The van der Waals surface area contributed by atoms with Crippen LogP contribution in [-0.4, -0.2) is 20.1 Å². The molecule has 0 fully saturated rings. The van der Waals surface area contributed by atoms with Gasteiger partial charge in [0.1, 0.15) is 12.1 Å². The summed E-state index contributed by atoms with van der Waals surface area (Å²) in [5, 5.41) is 6.54. The molecule has 0 radical (unpaired) electrons. The lowest BCUT2D eigenvalue weighted by Crippen LogP contribution is -2.03. The highest BCUT2D eigenvalue weighted by atomic mass is 79.9. The first-order valence-electron chi connectivity index (χ1n) is 8.46. The van der Waals surface area contributed by atoms with Gasteiger partial charge in [0.15, 0.2) is 5.69 Å². The summed E-state index contributed by atoms with van der Waals surface area (Å²) in [6.45, 7) is 0.352. The molecule has 0 N–H and O–H groups in total. The van der Waals surface area contributed by atoms with E-state index in [0.29, 0.717) is 23.7 Å². The molecule has 4 aromatic rings. The van der Waals surface area contributed by atoms with Crippen LogP contribution >= 0.6 is 15.9 Å². The van der Waals surface area contributed by atoms with E-state index in [0.717, 1.165) is 34.8 Å². The van der Waals surface area contributed by atoms with Gasteiger partial charge in [-0.25, -0.2) is 9.37 Å². The number of oxazole rings is 1.